The highest BCUT2D eigenvalue weighted by Gasteiger charge is 2.72. The number of hydrogen-bond acceptors (Lipinski definition) is 6. The Morgan fingerprint density at radius 3 is 2.40 bits per heavy atom. The zero-order valence-corrected chi connectivity index (χ0v) is 38.2. The largest absolute Gasteiger partial charge is 0.392 e. The fraction of sp³-hybridized carbons (Fsp3) is 0.692. The van der Waals surface area contributed by atoms with Gasteiger partial charge < -0.3 is 29.2 Å². The summed E-state index contributed by atoms with van der Waals surface area (Å²) < 4.78 is 14.1. The lowest BCUT2D eigenvalue weighted by atomic mass is 9.34. The zero-order valence-electron chi connectivity index (χ0n) is 38.2. The summed E-state index contributed by atoms with van der Waals surface area (Å²) in [5.74, 6) is 0.575. The number of aliphatic hydroxyl groups is 2. The quantitative estimate of drug-likeness (QED) is 0.176. The molecule has 4 heterocycles. The van der Waals surface area contributed by atoms with Gasteiger partial charge in [-0.15, -0.1) is 0 Å². The number of ether oxygens (including phenoxy) is 2. The first kappa shape index (κ1) is 42.3. The number of aromatic amines is 1. The number of aromatic nitrogens is 2. The van der Waals surface area contributed by atoms with Gasteiger partial charge in [-0.1, -0.05) is 72.2 Å². The lowest BCUT2D eigenvalue weighted by Crippen LogP contribution is -2.67. The molecule has 2 aromatic heterocycles. The van der Waals surface area contributed by atoms with Crippen molar-refractivity contribution < 1.29 is 29.3 Å². The van der Waals surface area contributed by atoms with Crippen molar-refractivity contribution in [3.63, 3.8) is 0 Å². The number of Topliss-reactive ketones (excluding diaryl/α,β-unsaturated/α-hetero) is 2. The molecule has 4 aliphatic carbocycles. The second-order valence-corrected chi connectivity index (χ2v) is 22.3. The van der Waals surface area contributed by atoms with E-state index in [9.17, 15) is 19.8 Å². The lowest BCUT2D eigenvalue weighted by Gasteiger charge is -2.70. The van der Waals surface area contributed by atoms with Gasteiger partial charge in [0.25, 0.3) is 0 Å². The Bertz CT molecular complexity index is 2240. The Hall–Kier alpha value is -3.04. The van der Waals surface area contributed by atoms with Crippen LogP contribution in [0.2, 0.25) is 0 Å². The second-order valence-electron chi connectivity index (χ2n) is 22.3. The standard InChI is InChI=1S/C52H72N2O6/c1-11-36-34(26-31-22-29(2)23-33(25-31)32-15-20-59-21-16-32)44-37(14-19-53-44)54(36)28-35-43-42(30(3)24-38(55)47-49(6,7)60-47)39(56)27-52(43,10)51(9)18-12-40-48(4,5)41(57)13-17-50(40,8)46(51)45(35)58/h14,19,22-23,25,30,32,35,38,40,45-47,53,55,58H,11-13,15-18,20-21,24,26-28H2,1-10H3. The van der Waals surface area contributed by atoms with Crippen LogP contribution in [-0.4, -0.2) is 68.5 Å². The molecule has 5 fully saturated rings. The molecule has 8 nitrogen and oxygen atoms in total. The number of fused-ring (bicyclic) bond motifs is 6. The highest BCUT2D eigenvalue weighted by molar-refractivity contribution is 6.01. The number of aryl methyl sites for hydroxylation is 1. The van der Waals surface area contributed by atoms with Crippen LogP contribution in [0.25, 0.3) is 11.0 Å². The summed E-state index contributed by atoms with van der Waals surface area (Å²) in [5.41, 5.74) is 8.89. The normalized spacial score (nSPS) is 36.0. The minimum Gasteiger partial charge on any atom is -0.392 e. The van der Waals surface area contributed by atoms with Crippen molar-refractivity contribution in [1.82, 2.24) is 9.55 Å². The molecular weight excluding hydrogens is 749 g/mol. The Morgan fingerprint density at radius 2 is 1.72 bits per heavy atom. The van der Waals surface area contributed by atoms with Crippen LogP contribution >= 0.6 is 0 Å². The van der Waals surface area contributed by atoms with Gasteiger partial charge in [-0.05, 0) is 129 Å². The predicted octanol–water partition coefficient (Wildman–Crippen LogP) is 9.58. The van der Waals surface area contributed by atoms with Crippen molar-refractivity contribution in [1.29, 1.82) is 0 Å². The molecule has 2 aliphatic heterocycles. The van der Waals surface area contributed by atoms with Gasteiger partial charge in [-0.3, -0.25) is 9.59 Å². The van der Waals surface area contributed by atoms with Gasteiger partial charge in [0.2, 0.25) is 0 Å². The summed E-state index contributed by atoms with van der Waals surface area (Å²) in [4.78, 5) is 32.1. The molecule has 3 saturated carbocycles. The van der Waals surface area contributed by atoms with E-state index >= 15 is 0 Å². The average Bonchev–Trinajstić information content (AvgIpc) is 3.44. The maximum Gasteiger partial charge on any atom is 0.160 e. The topological polar surface area (TPSA) is 117 Å². The van der Waals surface area contributed by atoms with Crippen molar-refractivity contribution in [3.8, 4) is 0 Å². The molecule has 0 amide bonds. The SMILES string of the molecule is CCc1c(Cc2cc(C)cc(C3CCOCC3)c2)c2[nH]ccc2n1CC1C2=C(C(C)CC(O)C3OC3(C)C)C(=O)CC2(C)C2(C)CCC3C(C)(C)C(=O)CCC3(C)C2C1O. The number of benzene rings is 1. The molecule has 6 aliphatic rings. The fourth-order valence-corrected chi connectivity index (χ4v) is 15.1. The Morgan fingerprint density at radius 1 is 1.00 bits per heavy atom. The predicted molar refractivity (Wildman–Crippen MR) is 236 cm³/mol. The third-order valence-corrected chi connectivity index (χ3v) is 18.1. The third-order valence-electron chi connectivity index (χ3n) is 18.1. The maximum absolute atomic E-state index is 14.9. The molecule has 3 aromatic rings. The highest BCUT2D eigenvalue weighted by Crippen LogP contribution is 2.75. The van der Waals surface area contributed by atoms with Crippen LogP contribution in [0.4, 0.5) is 0 Å². The molecule has 8 heteroatoms. The van der Waals surface area contributed by atoms with Gasteiger partial charge in [0.1, 0.15) is 11.9 Å². The van der Waals surface area contributed by atoms with Crippen molar-refractivity contribution in [2.75, 3.05) is 13.2 Å². The number of nitrogens with zero attached hydrogens (tertiary/aromatic N) is 1. The van der Waals surface area contributed by atoms with E-state index in [4.69, 9.17) is 9.47 Å². The van der Waals surface area contributed by atoms with Gasteiger partial charge in [0.05, 0.1) is 28.8 Å². The molecule has 1 aromatic carbocycles. The van der Waals surface area contributed by atoms with Crippen LogP contribution in [0.1, 0.15) is 148 Å². The molecule has 9 rings (SSSR count). The second kappa shape index (κ2) is 14.5. The maximum atomic E-state index is 14.9. The van der Waals surface area contributed by atoms with Crippen molar-refractivity contribution in [3.05, 3.63) is 69.6 Å². The molecule has 60 heavy (non-hydrogen) atoms. The van der Waals surface area contributed by atoms with Crippen LogP contribution in [0.5, 0.6) is 0 Å². The van der Waals surface area contributed by atoms with E-state index in [1.54, 1.807) is 0 Å². The summed E-state index contributed by atoms with van der Waals surface area (Å²) in [7, 11) is 0. The van der Waals surface area contributed by atoms with Gasteiger partial charge in [0.15, 0.2) is 5.78 Å². The monoisotopic (exact) mass is 821 g/mol. The smallest absolute Gasteiger partial charge is 0.160 e. The Balaban J connectivity index is 1.17. The molecular formula is C52H72N2O6. The molecule has 0 radical (unpaired) electrons. The molecule has 10 unspecified atom stereocenters. The van der Waals surface area contributed by atoms with E-state index in [-0.39, 0.29) is 52.0 Å². The Labute approximate surface area is 358 Å². The van der Waals surface area contributed by atoms with Crippen LogP contribution in [-0.2, 0) is 38.4 Å². The number of hydrogen-bond donors (Lipinski definition) is 3. The van der Waals surface area contributed by atoms with E-state index in [0.717, 1.165) is 80.3 Å². The number of nitrogens with one attached hydrogen (secondary N) is 1. The van der Waals surface area contributed by atoms with Gasteiger partial charge in [-0.25, -0.2) is 0 Å². The summed E-state index contributed by atoms with van der Waals surface area (Å²) in [6.07, 6.45) is 8.09. The van der Waals surface area contributed by atoms with Crippen molar-refractivity contribution in [2.45, 2.75) is 170 Å². The molecule has 3 N–H and O–H groups in total. The Kier molecular flexibility index (Phi) is 10.2. The molecule has 10 atom stereocenters. The number of H-pyrrole nitrogens is 1. The van der Waals surface area contributed by atoms with Crippen LogP contribution in [0, 0.1) is 52.3 Å². The third kappa shape index (κ3) is 6.25. The number of carbonyl (C=O) groups excluding carboxylic acids is 2. The first-order valence-corrected chi connectivity index (χ1v) is 23.5. The summed E-state index contributed by atoms with van der Waals surface area (Å²) >= 11 is 0. The minimum atomic E-state index is -0.720. The van der Waals surface area contributed by atoms with Crippen molar-refractivity contribution >= 4 is 22.6 Å². The summed E-state index contributed by atoms with van der Waals surface area (Å²) in [5, 5.41) is 25.0. The lowest BCUT2D eigenvalue weighted by molar-refractivity contribution is -0.220. The minimum absolute atomic E-state index is 0.0960. The molecule has 0 bridgehead atoms. The number of allylic oxidation sites excluding steroid dienone is 1. The number of rotatable bonds is 10. The van der Waals surface area contributed by atoms with Crippen LogP contribution in [0.3, 0.4) is 0 Å². The number of aliphatic hydroxyl groups excluding tert-OH is 2. The summed E-state index contributed by atoms with van der Waals surface area (Å²) in [6, 6.07) is 9.32. The molecule has 326 valence electrons. The number of epoxide rings is 1. The van der Waals surface area contributed by atoms with Gasteiger partial charge in [-0.2, -0.15) is 0 Å². The average molecular weight is 821 g/mol. The first-order chi connectivity index (χ1) is 28.3. The number of ketones is 2. The van der Waals surface area contributed by atoms with E-state index in [2.05, 4.69) is 95.4 Å². The van der Waals surface area contributed by atoms with Crippen LogP contribution in [0.15, 0.2) is 41.6 Å². The summed E-state index contributed by atoms with van der Waals surface area (Å²) in [6.45, 7) is 24.2. The molecule has 2 saturated heterocycles. The molecule has 0 spiro atoms. The first-order valence-electron chi connectivity index (χ1n) is 23.5. The van der Waals surface area contributed by atoms with Gasteiger partial charge in [0, 0.05) is 73.2 Å². The van der Waals surface area contributed by atoms with Crippen molar-refractivity contribution in [2.24, 2.45) is 45.3 Å². The van der Waals surface area contributed by atoms with E-state index in [0.29, 0.717) is 37.5 Å². The number of carbonyl (C=O) groups is 2. The highest BCUT2D eigenvalue weighted by atomic mass is 16.6. The van der Waals surface area contributed by atoms with Crippen LogP contribution < -0.4 is 0 Å². The fourth-order valence-electron chi connectivity index (χ4n) is 15.1. The van der Waals surface area contributed by atoms with Gasteiger partial charge >= 0.3 is 0 Å². The van der Waals surface area contributed by atoms with E-state index in [1.807, 2.05) is 13.8 Å². The zero-order chi connectivity index (χ0) is 42.9. The van der Waals surface area contributed by atoms with E-state index < -0.39 is 23.0 Å². The van der Waals surface area contributed by atoms with E-state index in [1.165, 1.54) is 27.9 Å².